The molecular formula is C8H11N3O3. The average molecular weight is 197 g/mol. The van der Waals surface area contributed by atoms with Crippen LogP contribution in [0.4, 0.5) is 5.82 Å². The molecule has 2 N–H and O–H groups in total. The number of carbonyl (C=O) groups is 1. The van der Waals surface area contributed by atoms with E-state index in [4.69, 9.17) is 10.2 Å². The molecule has 0 bridgehead atoms. The number of nitrogens with zero attached hydrogens (tertiary/aromatic N) is 3. The minimum atomic E-state index is -1.11. The number of carboxylic acid groups (broad SMARTS) is 1. The van der Waals surface area contributed by atoms with E-state index in [2.05, 4.69) is 9.97 Å². The molecule has 1 heterocycles. The summed E-state index contributed by atoms with van der Waals surface area (Å²) in [6, 6.07) is 0. The van der Waals surface area contributed by atoms with E-state index in [1.807, 2.05) is 0 Å². The summed E-state index contributed by atoms with van der Waals surface area (Å²) >= 11 is 0. The number of aromatic carboxylic acids is 1. The maximum absolute atomic E-state index is 10.6. The lowest BCUT2D eigenvalue weighted by Gasteiger charge is -2.15. The van der Waals surface area contributed by atoms with E-state index < -0.39 is 5.97 Å². The van der Waals surface area contributed by atoms with Gasteiger partial charge in [0.05, 0.1) is 19.0 Å². The van der Waals surface area contributed by atoms with Gasteiger partial charge >= 0.3 is 5.97 Å². The standard InChI is InChI=1S/C8H11N3O3/c1-11(2-3-12)7-5-9-4-6(10-7)8(13)14/h4-5,12H,2-3H2,1H3,(H,13,14). The van der Waals surface area contributed by atoms with Crippen LogP contribution in [0.5, 0.6) is 0 Å². The molecule has 0 aromatic carbocycles. The quantitative estimate of drug-likeness (QED) is 0.683. The molecule has 76 valence electrons. The van der Waals surface area contributed by atoms with Gasteiger partial charge in [-0.3, -0.25) is 4.98 Å². The number of rotatable bonds is 4. The summed E-state index contributed by atoms with van der Waals surface area (Å²) in [4.78, 5) is 19.8. The van der Waals surface area contributed by atoms with Crippen LogP contribution in [0.25, 0.3) is 0 Å². The molecule has 0 unspecified atom stereocenters. The lowest BCUT2D eigenvalue weighted by Crippen LogP contribution is -2.23. The first-order valence-electron chi connectivity index (χ1n) is 4.02. The SMILES string of the molecule is CN(CCO)c1cncc(C(=O)O)n1. The van der Waals surface area contributed by atoms with E-state index in [0.29, 0.717) is 12.4 Å². The Labute approximate surface area is 80.8 Å². The molecule has 0 atom stereocenters. The number of hydrogen-bond acceptors (Lipinski definition) is 5. The molecule has 0 saturated heterocycles. The van der Waals surface area contributed by atoms with Crippen molar-refractivity contribution in [2.45, 2.75) is 0 Å². The predicted octanol–water partition coefficient (Wildman–Crippen LogP) is -0.397. The van der Waals surface area contributed by atoms with Crippen LogP contribution in [0.3, 0.4) is 0 Å². The maximum Gasteiger partial charge on any atom is 0.356 e. The molecule has 0 aliphatic rings. The summed E-state index contributed by atoms with van der Waals surface area (Å²) in [5, 5.41) is 17.3. The van der Waals surface area contributed by atoms with Crippen LogP contribution >= 0.6 is 0 Å². The van der Waals surface area contributed by atoms with Gasteiger partial charge in [-0.05, 0) is 0 Å². The molecule has 0 radical (unpaired) electrons. The zero-order valence-corrected chi connectivity index (χ0v) is 7.71. The highest BCUT2D eigenvalue weighted by Crippen LogP contribution is 2.06. The smallest absolute Gasteiger partial charge is 0.356 e. The Balaban J connectivity index is 2.87. The average Bonchev–Trinajstić information content (AvgIpc) is 2.18. The van der Waals surface area contributed by atoms with Gasteiger partial charge in [0.25, 0.3) is 0 Å². The van der Waals surface area contributed by atoms with Crippen molar-refractivity contribution < 1.29 is 15.0 Å². The summed E-state index contributed by atoms with van der Waals surface area (Å²) in [6.45, 7) is 0.368. The fraction of sp³-hybridized carbons (Fsp3) is 0.375. The first-order valence-corrected chi connectivity index (χ1v) is 4.02. The molecule has 6 heteroatoms. The second kappa shape index (κ2) is 4.52. The van der Waals surface area contributed by atoms with Crippen molar-refractivity contribution >= 4 is 11.8 Å². The van der Waals surface area contributed by atoms with Gasteiger partial charge in [0, 0.05) is 13.6 Å². The van der Waals surface area contributed by atoms with Crippen molar-refractivity contribution in [3.63, 3.8) is 0 Å². The van der Waals surface area contributed by atoms with Crippen LogP contribution in [0.2, 0.25) is 0 Å². The van der Waals surface area contributed by atoms with Crippen molar-refractivity contribution in [2.75, 3.05) is 25.1 Å². The number of aliphatic hydroxyl groups excluding tert-OH is 1. The van der Waals surface area contributed by atoms with Crippen LogP contribution in [0.15, 0.2) is 12.4 Å². The first-order chi connectivity index (χ1) is 6.65. The zero-order valence-electron chi connectivity index (χ0n) is 7.71. The van der Waals surface area contributed by atoms with Crippen molar-refractivity contribution in [1.82, 2.24) is 9.97 Å². The summed E-state index contributed by atoms with van der Waals surface area (Å²) < 4.78 is 0. The topological polar surface area (TPSA) is 86.5 Å². The Bertz CT molecular complexity index is 329. The van der Waals surface area contributed by atoms with Gasteiger partial charge in [-0.15, -0.1) is 0 Å². The molecule has 1 rings (SSSR count). The first kappa shape index (κ1) is 10.4. The Kier molecular flexibility index (Phi) is 3.35. The molecule has 0 saturated carbocycles. The lowest BCUT2D eigenvalue weighted by atomic mass is 10.4. The molecule has 0 amide bonds. The fourth-order valence-electron chi connectivity index (χ4n) is 0.907. The molecule has 0 spiro atoms. The monoisotopic (exact) mass is 197 g/mol. The third kappa shape index (κ3) is 2.40. The Hall–Kier alpha value is -1.69. The Morgan fingerprint density at radius 1 is 1.57 bits per heavy atom. The molecule has 6 nitrogen and oxygen atoms in total. The molecule has 0 aliphatic heterocycles. The Morgan fingerprint density at radius 2 is 2.29 bits per heavy atom. The second-order valence-electron chi connectivity index (χ2n) is 2.71. The van der Waals surface area contributed by atoms with Gasteiger partial charge in [-0.2, -0.15) is 0 Å². The molecule has 1 aromatic heterocycles. The third-order valence-corrected chi connectivity index (χ3v) is 1.67. The van der Waals surface area contributed by atoms with Gasteiger partial charge in [0.1, 0.15) is 5.82 Å². The summed E-state index contributed by atoms with van der Waals surface area (Å²) in [5.74, 6) is -0.685. The normalized spacial score (nSPS) is 9.86. The van der Waals surface area contributed by atoms with Gasteiger partial charge in [0.15, 0.2) is 5.69 Å². The van der Waals surface area contributed by atoms with Crippen LogP contribution in [0, 0.1) is 0 Å². The highest BCUT2D eigenvalue weighted by molar-refractivity contribution is 5.85. The van der Waals surface area contributed by atoms with Crippen molar-refractivity contribution in [1.29, 1.82) is 0 Å². The number of aliphatic hydroxyl groups is 1. The van der Waals surface area contributed by atoms with E-state index in [0.717, 1.165) is 0 Å². The van der Waals surface area contributed by atoms with E-state index in [-0.39, 0.29) is 12.3 Å². The molecular weight excluding hydrogens is 186 g/mol. The molecule has 14 heavy (non-hydrogen) atoms. The van der Waals surface area contributed by atoms with Gasteiger partial charge in [-0.1, -0.05) is 0 Å². The van der Waals surface area contributed by atoms with Crippen LogP contribution in [0.1, 0.15) is 10.5 Å². The fourth-order valence-corrected chi connectivity index (χ4v) is 0.907. The maximum atomic E-state index is 10.6. The van der Waals surface area contributed by atoms with E-state index >= 15 is 0 Å². The van der Waals surface area contributed by atoms with Crippen LogP contribution in [-0.4, -0.2) is 46.3 Å². The summed E-state index contributed by atoms with van der Waals surface area (Å²) in [5.41, 5.74) is -0.104. The van der Waals surface area contributed by atoms with Crippen LogP contribution < -0.4 is 4.90 Å². The number of aromatic nitrogens is 2. The highest BCUT2D eigenvalue weighted by atomic mass is 16.4. The Morgan fingerprint density at radius 3 is 2.86 bits per heavy atom. The number of carboxylic acids is 1. The van der Waals surface area contributed by atoms with E-state index in [1.165, 1.54) is 12.4 Å². The van der Waals surface area contributed by atoms with Crippen molar-refractivity contribution in [3.05, 3.63) is 18.1 Å². The highest BCUT2D eigenvalue weighted by Gasteiger charge is 2.08. The predicted molar refractivity (Wildman–Crippen MR) is 49.3 cm³/mol. The summed E-state index contributed by atoms with van der Waals surface area (Å²) in [6.07, 6.45) is 2.63. The van der Waals surface area contributed by atoms with Crippen molar-refractivity contribution in [3.8, 4) is 0 Å². The van der Waals surface area contributed by atoms with Gasteiger partial charge < -0.3 is 15.1 Å². The second-order valence-corrected chi connectivity index (χ2v) is 2.71. The number of anilines is 1. The van der Waals surface area contributed by atoms with Crippen molar-refractivity contribution in [2.24, 2.45) is 0 Å². The van der Waals surface area contributed by atoms with Gasteiger partial charge in [-0.25, -0.2) is 9.78 Å². The molecule has 0 fully saturated rings. The zero-order chi connectivity index (χ0) is 10.6. The largest absolute Gasteiger partial charge is 0.476 e. The minimum Gasteiger partial charge on any atom is -0.476 e. The van der Waals surface area contributed by atoms with Gasteiger partial charge in [0.2, 0.25) is 0 Å². The molecule has 0 aliphatic carbocycles. The van der Waals surface area contributed by atoms with E-state index in [1.54, 1.807) is 11.9 Å². The minimum absolute atomic E-state index is 0.0184. The summed E-state index contributed by atoms with van der Waals surface area (Å²) in [7, 11) is 1.70. The number of hydrogen-bond donors (Lipinski definition) is 2. The number of likely N-dealkylation sites (N-methyl/N-ethyl adjacent to an activating group) is 1. The van der Waals surface area contributed by atoms with Crippen LogP contribution in [-0.2, 0) is 0 Å². The third-order valence-electron chi connectivity index (χ3n) is 1.67. The van der Waals surface area contributed by atoms with E-state index in [9.17, 15) is 4.79 Å². The molecule has 1 aromatic rings. The lowest BCUT2D eigenvalue weighted by molar-refractivity contribution is 0.0690.